The van der Waals surface area contributed by atoms with Gasteiger partial charge in [0.2, 0.25) is 5.91 Å². The third kappa shape index (κ3) is 5.29. The van der Waals surface area contributed by atoms with Crippen LogP contribution in [0.1, 0.15) is 43.8 Å². The number of carbonyl (C=O) groups excluding carboxylic acids is 1. The third-order valence-electron chi connectivity index (χ3n) is 3.77. The molecule has 0 saturated heterocycles. The molecule has 0 radical (unpaired) electrons. The fourth-order valence-corrected chi connectivity index (χ4v) is 3.49. The molecule has 0 spiro atoms. The number of amides is 1. The van der Waals surface area contributed by atoms with Crippen LogP contribution in [0.2, 0.25) is 0 Å². The second-order valence-corrected chi connectivity index (χ2v) is 7.79. The van der Waals surface area contributed by atoms with Gasteiger partial charge in [-0.25, -0.2) is 0 Å². The number of hydrogen-bond acceptors (Lipinski definition) is 6. The van der Waals surface area contributed by atoms with Crippen LogP contribution in [0.25, 0.3) is 0 Å². The van der Waals surface area contributed by atoms with E-state index in [2.05, 4.69) is 24.0 Å². The van der Waals surface area contributed by atoms with Gasteiger partial charge in [-0.15, -0.1) is 10.2 Å². The predicted octanol–water partition coefficient (Wildman–Crippen LogP) is 3.11. The molecule has 1 aromatic heterocycles. The Balaban J connectivity index is 2.23. The highest BCUT2D eigenvalue weighted by Gasteiger charge is 2.19. The van der Waals surface area contributed by atoms with Crippen molar-refractivity contribution < 1.29 is 9.72 Å². The number of non-ortho nitro benzene ring substituents is 1. The SMILES string of the molecule is CC(C)Cn1c(CCC(N)=O)nnc1S[C@@H](C)c1cccc([N+](=O)[O-])c1. The Bertz CT molecular complexity index is 790. The largest absolute Gasteiger partial charge is 0.370 e. The Hall–Kier alpha value is -2.42. The first-order valence-electron chi connectivity index (χ1n) is 8.39. The van der Waals surface area contributed by atoms with Crippen molar-refractivity contribution in [3.8, 4) is 0 Å². The molecule has 0 fully saturated rings. The van der Waals surface area contributed by atoms with Gasteiger partial charge >= 0.3 is 0 Å². The number of nitrogens with zero attached hydrogens (tertiary/aromatic N) is 4. The molecule has 1 atom stereocenters. The summed E-state index contributed by atoms with van der Waals surface area (Å²) in [5.41, 5.74) is 6.16. The molecule has 140 valence electrons. The van der Waals surface area contributed by atoms with E-state index in [1.165, 1.54) is 17.8 Å². The maximum Gasteiger partial charge on any atom is 0.269 e. The summed E-state index contributed by atoms with van der Waals surface area (Å²) in [6.45, 7) is 6.89. The van der Waals surface area contributed by atoms with Crippen molar-refractivity contribution >= 4 is 23.4 Å². The summed E-state index contributed by atoms with van der Waals surface area (Å²) in [7, 11) is 0. The Morgan fingerprint density at radius 1 is 1.35 bits per heavy atom. The molecule has 1 amide bonds. The maximum atomic E-state index is 11.1. The van der Waals surface area contributed by atoms with E-state index in [-0.39, 0.29) is 23.3 Å². The van der Waals surface area contributed by atoms with Gasteiger partial charge in [-0.2, -0.15) is 0 Å². The van der Waals surface area contributed by atoms with Crippen LogP contribution in [0, 0.1) is 16.0 Å². The van der Waals surface area contributed by atoms with Gasteiger partial charge in [0, 0.05) is 36.8 Å². The van der Waals surface area contributed by atoms with Crippen LogP contribution in [-0.2, 0) is 17.8 Å². The summed E-state index contributed by atoms with van der Waals surface area (Å²) >= 11 is 1.49. The molecule has 9 heteroatoms. The number of nitro groups is 1. The van der Waals surface area contributed by atoms with E-state index < -0.39 is 4.92 Å². The summed E-state index contributed by atoms with van der Waals surface area (Å²) in [6, 6.07) is 6.60. The van der Waals surface area contributed by atoms with Gasteiger partial charge in [0.1, 0.15) is 5.82 Å². The minimum Gasteiger partial charge on any atom is -0.370 e. The van der Waals surface area contributed by atoms with Gasteiger partial charge < -0.3 is 10.3 Å². The molecule has 1 aromatic carbocycles. The van der Waals surface area contributed by atoms with Crippen molar-refractivity contribution in [3.05, 3.63) is 45.8 Å². The van der Waals surface area contributed by atoms with Gasteiger partial charge in [-0.05, 0) is 18.4 Å². The molecule has 0 aliphatic heterocycles. The van der Waals surface area contributed by atoms with E-state index in [0.717, 1.165) is 23.1 Å². The first kappa shape index (κ1) is 19.9. The van der Waals surface area contributed by atoms with Gasteiger partial charge in [-0.3, -0.25) is 14.9 Å². The number of carbonyl (C=O) groups is 1. The van der Waals surface area contributed by atoms with Gasteiger partial charge in [0.15, 0.2) is 5.16 Å². The number of hydrogen-bond donors (Lipinski definition) is 1. The molecule has 0 aliphatic rings. The molecule has 2 rings (SSSR count). The topological polar surface area (TPSA) is 117 Å². The van der Waals surface area contributed by atoms with Gasteiger partial charge in [0.25, 0.3) is 5.69 Å². The molecule has 26 heavy (non-hydrogen) atoms. The summed E-state index contributed by atoms with van der Waals surface area (Å²) in [6.07, 6.45) is 0.669. The second kappa shape index (κ2) is 8.79. The van der Waals surface area contributed by atoms with Gasteiger partial charge in [-0.1, -0.05) is 37.7 Å². The molecule has 1 heterocycles. The van der Waals surface area contributed by atoms with Crippen molar-refractivity contribution in [2.75, 3.05) is 0 Å². The zero-order valence-electron chi connectivity index (χ0n) is 15.1. The summed E-state index contributed by atoms with van der Waals surface area (Å²) in [4.78, 5) is 21.6. The molecule has 8 nitrogen and oxygen atoms in total. The molecule has 0 bridgehead atoms. The van der Waals surface area contributed by atoms with Gasteiger partial charge in [0.05, 0.1) is 4.92 Å². The average Bonchev–Trinajstić information content (AvgIpc) is 2.94. The number of benzene rings is 1. The summed E-state index contributed by atoms with van der Waals surface area (Å²) in [5.74, 6) is 0.736. The standard InChI is InChI=1S/C17H23N5O3S/c1-11(2)10-21-16(8-7-15(18)23)19-20-17(21)26-12(3)13-5-4-6-14(9-13)22(24)25/h4-6,9,11-12H,7-8,10H2,1-3H3,(H2,18,23)/t12-/m0/s1. The third-order valence-corrected chi connectivity index (χ3v) is 4.91. The number of aryl methyl sites for hydroxylation is 1. The Labute approximate surface area is 156 Å². The first-order chi connectivity index (χ1) is 12.3. The predicted molar refractivity (Wildman–Crippen MR) is 99.7 cm³/mol. The highest BCUT2D eigenvalue weighted by atomic mass is 32.2. The lowest BCUT2D eigenvalue weighted by molar-refractivity contribution is -0.384. The van der Waals surface area contributed by atoms with E-state index in [1.54, 1.807) is 12.1 Å². The van der Waals surface area contributed by atoms with Crippen molar-refractivity contribution in [2.24, 2.45) is 11.7 Å². The first-order valence-corrected chi connectivity index (χ1v) is 9.27. The second-order valence-electron chi connectivity index (χ2n) is 6.48. The number of nitro benzene ring substituents is 1. The van der Waals surface area contributed by atoms with Crippen LogP contribution in [0.5, 0.6) is 0 Å². The van der Waals surface area contributed by atoms with Crippen LogP contribution in [-0.4, -0.2) is 25.6 Å². The van der Waals surface area contributed by atoms with Crippen molar-refractivity contribution in [2.45, 2.75) is 50.6 Å². The molecular formula is C17H23N5O3S. The van der Waals surface area contributed by atoms with E-state index in [9.17, 15) is 14.9 Å². The van der Waals surface area contributed by atoms with Crippen molar-refractivity contribution in [1.29, 1.82) is 0 Å². The van der Waals surface area contributed by atoms with E-state index in [4.69, 9.17) is 5.73 Å². The zero-order chi connectivity index (χ0) is 19.3. The fraction of sp³-hybridized carbons (Fsp3) is 0.471. The lowest BCUT2D eigenvalue weighted by Gasteiger charge is -2.15. The van der Waals surface area contributed by atoms with Crippen LogP contribution in [0.4, 0.5) is 5.69 Å². The Kier molecular flexibility index (Phi) is 6.73. The average molecular weight is 377 g/mol. The van der Waals surface area contributed by atoms with E-state index in [1.807, 2.05) is 17.6 Å². The summed E-state index contributed by atoms with van der Waals surface area (Å²) in [5, 5.41) is 20.1. The van der Waals surface area contributed by atoms with Crippen molar-refractivity contribution in [3.63, 3.8) is 0 Å². The van der Waals surface area contributed by atoms with Crippen LogP contribution < -0.4 is 5.73 Å². The normalized spacial score (nSPS) is 12.3. The molecular weight excluding hydrogens is 354 g/mol. The van der Waals surface area contributed by atoms with Crippen molar-refractivity contribution in [1.82, 2.24) is 14.8 Å². The monoisotopic (exact) mass is 377 g/mol. The smallest absolute Gasteiger partial charge is 0.269 e. The molecule has 0 saturated carbocycles. The highest BCUT2D eigenvalue weighted by molar-refractivity contribution is 7.99. The highest BCUT2D eigenvalue weighted by Crippen LogP contribution is 2.35. The number of primary amides is 1. The number of rotatable bonds is 9. The fourth-order valence-electron chi connectivity index (χ4n) is 2.49. The van der Waals surface area contributed by atoms with Crippen LogP contribution in [0.3, 0.4) is 0 Å². The minimum atomic E-state index is -0.399. The van der Waals surface area contributed by atoms with E-state index in [0.29, 0.717) is 12.3 Å². The maximum absolute atomic E-state index is 11.1. The molecule has 0 unspecified atom stereocenters. The number of aromatic nitrogens is 3. The Morgan fingerprint density at radius 2 is 2.08 bits per heavy atom. The quantitative estimate of drug-likeness (QED) is 0.408. The van der Waals surface area contributed by atoms with E-state index >= 15 is 0 Å². The number of nitrogens with two attached hydrogens (primary N) is 1. The van der Waals surface area contributed by atoms with Crippen LogP contribution >= 0.6 is 11.8 Å². The lowest BCUT2D eigenvalue weighted by atomic mass is 10.1. The lowest BCUT2D eigenvalue weighted by Crippen LogP contribution is -2.15. The van der Waals surface area contributed by atoms with Crippen LogP contribution in [0.15, 0.2) is 29.4 Å². The zero-order valence-corrected chi connectivity index (χ0v) is 15.9. The Morgan fingerprint density at radius 3 is 2.69 bits per heavy atom. The molecule has 0 aliphatic carbocycles. The summed E-state index contributed by atoms with van der Waals surface area (Å²) < 4.78 is 2.01. The molecule has 2 N–H and O–H groups in total. The minimum absolute atomic E-state index is 0.0333. The molecule has 2 aromatic rings. The number of thioether (sulfide) groups is 1.